The van der Waals surface area contributed by atoms with E-state index >= 15 is 0 Å². The van der Waals surface area contributed by atoms with Crippen LogP contribution >= 0.6 is 0 Å². The molecular weight excluding hydrogens is 1950 g/mol. The number of carbonyl (C=O) groups is 6. The zero-order valence-corrected chi connectivity index (χ0v) is 85.3. The Morgan fingerprint density at radius 3 is 0.738 bits per heavy atom. The summed E-state index contributed by atoms with van der Waals surface area (Å²) in [6, 6.07) is 25.3. The number of benzene rings is 8. The number of sulfonamides is 6. The first-order chi connectivity index (χ1) is 66.3. The van der Waals surface area contributed by atoms with Crippen molar-refractivity contribution in [2.24, 2.45) is 91.7 Å². The van der Waals surface area contributed by atoms with E-state index in [0.29, 0.717) is 63.1 Å². The summed E-state index contributed by atoms with van der Waals surface area (Å²) in [5.74, 6) is -4.67. The van der Waals surface area contributed by atoms with Crippen LogP contribution in [0.1, 0.15) is 182 Å². The Kier molecular flexibility index (Phi) is 33.4. The first-order valence-corrected chi connectivity index (χ1v) is 55.6. The summed E-state index contributed by atoms with van der Waals surface area (Å²) in [6.07, 6.45) is 2.40. The maximum atomic E-state index is 14.1. The minimum atomic E-state index is -4.10. The number of piperidine rings is 6. The summed E-state index contributed by atoms with van der Waals surface area (Å²) >= 11 is 0. The quantitative estimate of drug-likeness (QED) is 0.0115. The molecule has 1 aliphatic carbocycles. The number of oxime groups is 2. The van der Waals surface area contributed by atoms with Gasteiger partial charge in [0.25, 0.3) is 0 Å². The largest absolute Gasteiger partial charge is 0.481 e. The number of hydrogen-bond acceptors (Lipinski definition) is 30. The third-order valence-electron chi connectivity index (χ3n) is 26.6. The van der Waals surface area contributed by atoms with Crippen molar-refractivity contribution in [3.05, 3.63) is 141 Å². The average Bonchev–Trinajstić information content (AvgIpc) is 0.742. The van der Waals surface area contributed by atoms with Gasteiger partial charge in [0.2, 0.25) is 60.1 Å². The summed E-state index contributed by atoms with van der Waals surface area (Å²) in [5.41, 5.74) is 5.06. The number of carbonyl (C=O) groups excluding carboxylic acids is 3. The van der Waals surface area contributed by atoms with Gasteiger partial charge in [-0.3, -0.25) is 25.1 Å². The van der Waals surface area contributed by atoms with Crippen LogP contribution in [0.2, 0.25) is 0 Å². The molecule has 0 radical (unpaired) electrons. The van der Waals surface area contributed by atoms with Crippen LogP contribution in [-0.4, -0.2) is 223 Å². The molecule has 0 aromatic heterocycles. The minimum Gasteiger partial charge on any atom is -0.481 e. The van der Waals surface area contributed by atoms with Crippen LogP contribution < -0.4 is 11.0 Å². The number of nitroso groups, excluding NO2 is 2. The second-order valence-electron chi connectivity index (χ2n) is 39.7. The fraction of sp³-hybridized carbons (Fsp3) is 0.500. The molecule has 141 heavy (non-hydrogen) atoms. The topological polar surface area (TPSA) is 543 Å². The molecule has 0 amide bonds. The molecule has 6 N–H and O–H groups in total. The van der Waals surface area contributed by atoms with Crippen LogP contribution in [0.4, 0.5) is 22.7 Å². The van der Waals surface area contributed by atoms with Gasteiger partial charge in [-0.1, -0.05) is 130 Å². The van der Waals surface area contributed by atoms with Gasteiger partial charge in [-0.2, -0.15) is 25.8 Å². The molecule has 6 saturated heterocycles. The first kappa shape index (κ1) is 107. The lowest BCUT2D eigenvalue weighted by Crippen LogP contribution is -2.42. The summed E-state index contributed by atoms with van der Waals surface area (Å²) in [4.78, 5) is 110. The number of carboxylic acid groups (broad SMARTS) is 3. The maximum Gasteiger partial charge on any atom is 0.335 e. The van der Waals surface area contributed by atoms with Gasteiger partial charge in [-0.15, -0.1) is 9.81 Å². The molecule has 0 spiro atoms. The highest BCUT2D eigenvalue weighted by atomic mass is 32.2. The Labute approximate surface area is 819 Å². The van der Waals surface area contributed by atoms with Crippen molar-refractivity contribution < 1.29 is 114 Å². The molecule has 0 unspecified atom stereocenters. The van der Waals surface area contributed by atoms with Crippen LogP contribution in [0.15, 0.2) is 159 Å². The monoisotopic (exact) mass is 2060 g/mol. The van der Waals surface area contributed by atoms with Gasteiger partial charge in [0.15, 0.2) is 0 Å². The Morgan fingerprint density at radius 1 is 0.298 bits per heavy atom. The minimum absolute atomic E-state index is 0.00880. The van der Waals surface area contributed by atoms with Crippen molar-refractivity contribution in [3.8, 4) is 0 Å². The predicted molar refractivity (Wildman–Crippen MR) is 526 cm³/mol. The lowest BCUT2D eigenvalue weighted by Gasteiger charge is -2.34. The zero-order valence-electron chi connectivity index (χ0n) is 80.4. The highest BCUT2D eigenvalue weighted by molar-refractivity contribution is 7.90. The van der Waals surface area contributed by atoms with E-state index in [1.807, 2.05) is 83.1 Å². The Balaban J connectivity index is 0.000000180. The zero-order chi connectivity index (χ0) is 103. The Hall–Kier alpha value is -10.8. The van der Waals surface area contributed by atoms with E-state index in [4.69, 9.17) is 29.8 Å². The smallest absolute Gasteiger partial charge is 0.335 e. The highest BCUT2D eigenvalue weighted by Gasteiger charge is 2.42. The fourth-order valence-electron chi connectivity index (χ4n) is 20.8. The molecule has 39 nitrogen and oxygen atoms in total. The molecule has 15 rings (SSSR count). The number of nitrogens with one attached hydrogen (secondary N) is 2. The van der Waals surface area contributed by atoms with Crippen molar-refractivity contribution in [2.45, 2.75) is 190 Å². The number of rotatable bonds is 28. The molecule has 762 valence electrons. The molecule has 45 heteroatoms. The highest BCUT2D eigenvalue weighted by Crippen LogP contribution is 2.48. The maximum absolute atomic E-state index is 14.1. The normalized spacial score (nSPS) is 23.3. The number of anilines is 2. The third kappa shape index (κ3) is 24.0. The van der Waals surface area contributed by atoms with Gasteiger partial charge in [-0.05, 0) is 193 Å². The average molecular weight is 2070 g/mol. The van der Waals surface area contributed by atoms with E-state index in [1.165, 1.54) is 135 Å². The van der Waals surface area contributed by atoms with Gasteiger partial charge >= 0.3 is 35.8 Å². The van der Waals surface area contributed by atoms with Crippen molar-refractivity contribution in [3.63, 3.8) is 0 Å². The lowest BCUT2D eigenvalue weighted by molar-refractivity contribution is -0.147. The van der Waals surface area contributed by atoms with E-state index in [0.717, 1.165) is 38.5 Å². The van der Waals surface area contributed by atoms with Crippen LogP contribution in [0.25, 0.3) is 43.1 Å². The number of nitrogens with zero attached hydrogens (tertiary/aromatic N) is 10. The lowest BCUT2D eigenvalue weighted by atomic mass is 9.83. The van der Waals surface area contributed by atoms with Crippen molar-refractivity contribution >= 4 is 173 Å². The van der Waals surface area contributed by atoms with Gasteiger partial charge in [0.05, 0.1) is 79.3 Å². The van der Waals surface area contributed by atoms with Crippen LogP contribution in [0, 0.1) is 80.8 Å². The van der Waals surface area contributed by atoms with Crippen molar-refractivity contribution in [1.82, 2.24) is 25.8 Å². The first-order valence-electron chi connectivity index (χ1n) is 47.0. The van der Waals surface area contributed by atoms with Crippen LogP contribution in [-0.2, 0) is 103 Å². The second kappa shape index (κ2) is 43.8. The second-order valence-corrected chi connectivity index (χ2v) is 51.3. The van der Waals surface area contributed by atoms with E-state index in [1.54, 1.807) is 0 Å². The van der Waals surface area contributed by atoms with Gasteiger partial charge in [0.1, 0.15) is 22.8 Å². The Morgan fingerprint density at radius 2 is 0.511 bits per heavy atom. The standard InChI is InChI=1S/C36H44N4O12S2.C32H40N4O9S2.C28H36N4O6S2/c1-21-13-22(2)18-39(17-21)53(47,48)25-5-7-27-29(15-25)36(38-52-34(46)12-10-32(43)44)30-16-26(54(49,50)40-19-23(3)14-24(4)20-40)6-8-28(30)35(27)37-51-33(45)11-9-31(41)42;1-19-11-20(2)16-35(15-19)46(41,42)23-5-7-25-27(13-23)31(33-40)28-14-24(47(43,44)36-17-21(3)12-22(4)18-36)6-8-26(28)32(25)34-45-30(39)10-9-29(37)38;1-17-9-18(2)14-31(13-17)39(35,36)21-5-7-23-25(11-21)28(30-34)26-12-22(6-8-24(26)27(23)29-33)40(37,38)32-15-19(3)10-20(4)16-32/h5-8,15-16,21-24H,9-14,17-20H2,1-4H3,(H,41,42)(H,43,44);5-8,13-14,19-22,34H,9-12,15-18H2,1-4H3,(H,37,38);5-8,11-12,17-20,29,33H,9-10,13-16H2,1-4H3/t21-,22+,23-,24+;19-,20+,21-,22+;17-,18+,19-,20+. The summed E-state index contributed by atoms with van der Waals surface area (Å²) < 4.78 is 175. The Bertz CT molecular complexity index is 6670. The van der Waals surface area contributed by atoms with Gasteiger partial charge < -0.3 is 29.8 Å². The molecule has 8 aromatic carbocycles. The third-order valence-corrected chi connectivity index (χ3v) is 37.5. The van der Waals surface area contributed by atoms with Gasteiger partial charge in [0, 0.05) is 144 Å². The van der Waals surface area contributed by atoms with E-state index in [-0.39, 0.29) is 215 Å². The molecule has 0 bridgehead atoms. The van der Waals surface area contributed by atoms with Crippen molar-refractivity contribution in [2.75, 3.05) is 89.5 Å². The molecule has 6 heterocycles. The van der Waals surface area contributed by atoms with Gasteiger partial charge in [-0.25, -0.2) is 70.4 Å². The predicted octanol–water partition coefficient (Wildman–Crippen LogP) is 14.6. The molecule has 0 saturated carbocycles. The molecule has 6 fully saturated rings. The summed E-state index contributed by atoms with van der Waals surface area (Å²) in [6.45, 7) is 28.0. The van der Waals surface area contributed by atoms with Crippen LogP contribution in [0.5, 0.6) is 0 Å². The molecular formula is C96H120N12O27S6. The number of hydrogen-bond donors (Lipinski definition) is 6. The molecule has 7 aliphatic rings. The number of carboxylic acids is 3. The molecule has 12 atom stereocenters. The number of fused-ring (bicyclic) bond motifs is 6. The molecule has 6 aliphatic heterocycles. The van der Waals surface area contributed by atoms with E-state index in [2.05, 4.69) is 31.6 Å². The van der Waals surface area contributed by atoms with Crippen LogP contribution in [0.3, 0.4) is 0 Å². The van der Waals surface area contributed by atoms with Crippen molar-refractivity contribution in [1.29, 1.82) is 0 Å². The number of aliphatic carboxylic acids is 3. The summed E-state index contributed by atoms with van der Waals surface area (Å²) in [5, 5.41) is 53.7. The van der Waals surface area contributed by atoms with E-state index < -0.39 is 134 Å². The summed E-state index contributed by atoms with van der Waals surface area (Å²) in [7, 11) is -23.9. The fourth-order valence-corrected chi connectivity index (χ4v) is 31.1. The van der Waals surface area contributed by atoms with E-state index in [9.17, 15) is 94.3 Å². The SMILES string of the molecule is C[C@@H]1C[C@H](C)CN(S(=O)(=O)c2ccc3c(NO)c4ccc(S(=O)(=O)N5C[C@H](C)C[C@H](C)C5)cc4c(N=O)c3c2)C1.C[C@@H]1C[C@H](C)CN(S(=O)(=O)c2ccc3c(NOC(=O)CCC(=O)O)c4ccc(S(=O)(=O)N5C[C@H](C)C[C@H](C)C5)cc4c(N=O)c3c2)C1.C[C@@H]1C[C@H](C)CN(S(=O)(=O)c2ccc3c(c2)C(=NOC(=O)CCC(=O)O)c2cc(S(=O)(=O)N4C[C@H](C)C[C@H](C)C4)ccc2C3=NOC(=O)CCC(=O)O)C1. The molecule has 8 aromatic rings.